The van der Waals surface area contributed by atoms with Gasteiger partial charge in [0.15, 0.2) is 0 Å². The molecule has 0 aromatic heterocycles. The van der Waals surface area contributed by atoms with Gasteiger partial charge in [0.25, 0.3) is 0 Å². The first kappa shape index (κ1) is 11.4. The van der Waals surface area contributed by atoms with Gasteiger partial charge in [-0.1, -0.05) is 24.3 Å². The zero-order chi connectivity index (χ0) is 11.4. The number of rotatable bonds is 3. The van der Waals surface area contributed by atoms with Crippen LogP contribution in [0.1, 0.15) is 5.56 Å². The van der Waals surface area contributed by atoms with Gasteiger partial charge in [-0.15, -0.1) is 0 Å². The molecular formula is C13H10FIO. The molecule has 3 heteroatoms. The quantitative estimate of drug-likeness (QED) is 0.774. The van der Waals surface area contributed by atoms with Crippen LogP contribution in [0.25, 0.3) is 0 Å². The van der Waals surface area contributed by atoms with Gasteiger partial charge in [0.1, 0.15) is 18.2 Å². The first-order valence-corrected chi connectivity index (χ1v) is 5.95. The zero-order valence-electron chi connectivity index (χ0n) is 8.49. The van der Waals surface area contributed by atoms with Crippen LogP contribution in [0.2, 0.25) is 0 Å². The van der Waals surface area contributed by atoms with E-state index in [0.29, 0.717) is 5.56 Å². The van der Waals surface area contributed by atoms with E-state index in [1.165, 1.54) is 6.07 Å². The SMILES string of the molecule is Fc1ccccc1COc1cccc(I)c1. The van der Waals surface area contributed by atoms with Gasteiger partial charge in [-0.05, 0) is 46.9 Å². The maximum Gasteiger partial charge on any atom is 0.129 e. The minimum atomic E-state index is -0.229. The fourth-order valence-corrected chi connectivity index (χ4v) is 1.85. The Labute approximate surface area is 107 Å². The molecule has 0 atom stereocenters. The average Bonchev–Trinajstić information content (AvgIpc) is 2.28. The molecule has 1 nitrogen and oxygen atoms in total. The standard InChI is InChI=1S/C13H10FIO/c14-13-7-2-1-4-10(13)9-16-12-6-3-5-11(15)8-12/h1-8H,9H2. The monoisotopic (exact) mass is 328 g/mol. The lowest BCUT2D eigenvalue weighted by atomic mass is 10.2. The summed E-state index contributed by atoms with van der Waals surface area (Å²) in [5, 5.41) is 0. The lowest BCUT2D eigenvalue weighted by molar-refractivity contribution is 0.299. The Hall–Kier alpha value is -1.10. The molecule has 0 radical (unpaired) electrons. The summed E-state index contributed by atoms with van der Waals surface area (Å²) in [6.45, 7) is 0.257. The lowest BCUT2D eigenvalue weighted by Gasteiger charge is -2.07. The van der Waals surface area contributed by atoms with Gasteiger partial charge in [-0.25, -0.2) is 4.39 Å². The number of ether oxygens (including phenoxy) is 1. The zero-order valence-corrected chi connectivity index (χ0v) is 10.6. The molecule has 0 N–H and O–H groups in total. The molecule has 0 heterocycles. The fourth-order valence-electron chi connectivity index (χ4n) is 1.33. The van der Waals surface area contributed by atoms with E-state index in [-0.39, 0.29) is 12.4 Å². The summed E-state index contributed by atoms with van der Waals surface area (Å²) in [7, 11) is 0. The lowest BCUT2D eigenvalue weighted by Crippen LogP contribution is -1.98. The third-order valence-electron chi connectivity index (χ3n) is 2.15. The van der Waals surface area contributed by atoms with Gasteiger partial charge in [0, 0.05) is 9.13 Å². The van der Waals surface area contributed by atoms with Crippen molar-refractivity contribution in [2.24, 2.45) is 0 Å². The van der Waals surface area contributed by atoms with Gasteiger partial charge in [0.2, 0.25) is 0 Å². The van der Waals surface area contributed by atoms with Crippen LogP contribution < -0.4 is 4.74 Å². The molecule has 2 rings (SSSR count). The maximum absolute atomic E-state index is 13.3. The normalized spacial score (nSPS) is 10.1. The molecule has 0 saturated heterocycles. The van der Waals surface area contributed by atoms with Crippen molar-refractivity contribution < 1.29 is 9.13 Å². The summed E-state index contributed by atoms with van der Waals surface area (Å²) >= 11 is 2.21. The highest BCUT2D eigenvalue weighted by Gasteiger charge is 2.01. The maximum atomic E-state index is 13.3. The van der Waals surface area contributed by atoms with Crippen molar-refractivity contribution in [1.82, 2.24) is 0 Å². The Balaban J connectivity index is 2.05. The molecule has 0 amide bonds. The summed E-state index contributed by atoms with van der Waals surface area (Å²) in [6.07, 6.45) is 0. The van der Waals surface area contributed by atoms with Crippen molar-refractivity contribution in [3.05, 3.63) is 63.5 Å². The van der Waals surface area contributed by atoms with E-state index in [0.717, 1.165) is 9.32 Å². The van der Waals surface area contributed by atoms with Gasteiger partial charge >= 0.3 is 0 Å². The van der Waals surface area contributed by atoms with E-state index in [4.69, 9.17) is 4.74 Å². The number of benzene rings is 2. The van der Waals surface area contributed by atoms with Gasteiger partial charge in [0.05, 0.1) is 0 Å². The smallest absolute Gasteiger partial charge is 0.129 e. The summed E-state index contributed by atoms with van der Waals surface area (Å²) in [5.41, 5.74) is 0.571. The predicted octanol–water partition coefficient (Wildman–Crippen LogP) is 4.01. The van der Waals surface area contributed by atoms with Crippen LogP contribution in [0.3, 0.4) is 0 Å². The summed E-state index contributed by atoms with van der Waals surface area (Å²) in [4.78, 5) is 0. The van der Waals surface area contributed by atoms with Crippen molar-refractivity contribution in [2.45, 2.75) is 6.61 Å². The molecule has 16 heavy (non-hydrogen) atoms. The highest BCUT2D eigenvalue weighted by Crippen LogP contribution is 2.17. The fraction of sp³-hybridized carbons (Fsp3) is 0.0769. The summed E-state index contributed by atoms with van der Waals surface area (Å²) in [5.74, 6) is 0.531. The molecule has 0 aliphatic rings. The van der Waals surface area contributed by atoms with Crippen LogP contribution in [0.5, 0.6) is 5.75 Å². The molecule has 2 aromatic rings. The van der Waals surface area contributed by atoms with Crippen molar-refractivity contribution in [1.29, 1.82) is 0 Å². The number of hydrogen-bond acceptors (Lipinski definition) is 1. The Morgan fingerprint density at radius 1 is 1.06 bits per heavy atom. The van der Waals surface area contributed by atoms with Gasteiger partial charge in [-0.2, -0.15) is 0 Å². The summed E-state index contributed by atoms with van der Waals surface area (Å²) in [6, 6.07) is 14.3. The second-order valence-corrected chi connectivity index (χ2v) is 4.58. The predicted molar refractivity (Wildman–Crippen MR) is 69.9 cm³/mol. The molecule has 0 spiro atoms. The van der Waals surface area contributed by atoms with E-state index < -0.39 is 0 Å². The largest absolute Gasteiger partial charge is 0.489 e. The van der Waals surface area contributed by atoms with E-state index in [2.05, 4.69) is 22.6 Å². The second-order valence-electron chi connectivity index (χ2n) is 3.34. The van der Waals surface area contributed by atoms with Crippen molar-refractivity contribution in [2.75, 3.05) is 0 Å². The van der Waals surface area contributed by atoms with Crippen molar-refractivity contribution >= 4 is 22.6 Å². The minimum absolute atomic E-state index is 0.229. The van der Waals surface area contributed by atoms with Crippen LogP contribution >= 0.6 is 22.6 Å². The molecule has 82 valence electrons. The average molecular weight is 328 g/mol. The third-order valence-corrected chi connectivity index (χ3v) is 2.82. The summed E-state index contributed by atoms with van der Waals surface area (Å²) < 4.78 is 19.9. The molecule has 0 aliphatic heterocycles. The number of halogens is 2. The van der Waals surface area contributed by atoms with E-state index in [9.17, 15) is 4.39 Å². The molecule has 2 aromatic carbocycles. The minimum Gasteiger partial charge on any atom is -0.489 e. The van der Waals surface area contributed by atoms with E-state index in [1.54, 1.807) is 18.2 Å². The van der Waals surface area contributed by atoms with Gasteiger partial charge in [-0.3, -0.25) is 0 Å². The molecule has 0 saturated carbocycles. The van der Waals surface area contributed by atoms with Crippen LogP contribution in [0.4, 0.5) is 4.39 Å². The van der Waals surface area contributed by atoms with Crippen molar-refractivity contribution in [3.8, 4) is 5.75 Å². The second kappa shape index (κ2) is 5.30. The topological polar surface area (TPSA) is 9.23 Å². The highest BCUT2D eigenvalue weighted by molar-refractivity contribution is 14.1. The van der Waals surface area contributed by atoms with Crippen LogP contribution in [0, 0.1) is 9.39 Å². The molecule has 0 aliphatic carbocycles. The first-order valence-electron chi connectivity index (χ1n) is 4.87. The molecule has 0 unspecified atom stereocenters. The van der Waals surface area contributed by atoms with Crippen LogP contribution in [0.15, 0.2) is 48.5 Å². The molecular weight excluding hydrogens is 318 g/mol. The Morgan fingerprint density at radius 2 is 1.88 bits per heavy atom. The highest BCUT2D eigenvalue weighted by atomic mass is 127. The van der Waals surface area contributed by atoms with Crippen LogP contribution in [-0.4, -0.2) is 0 Å². The Morgan fingerprint density at radius 3 is 2.62 bits per heavy atom. The van der Waals surface area contributed by atoms with Crippen molar-refractivity contribution in [3.63, 3.8) is 0 Å². The molecule has 0 bridgehead atoms. The van der Waals surface area contributed by atoms with Crippen LogP contribution in [-0.2, 0) is 6.61 Å². The molecule has 0 fully saturated rings. The first-order chi connectivity index (χ1) is 7.75. The Kier molecular flexibility index (Phi) is 3.77. The Bertz CT molecular complexity index is 485. The van der Waals surface area contributed by atoms with E-state index in [1.807, 2.05) is 24.3 Å². The van der Waals surface area contributed by atoms with Gasteiger partial charge < -0.3 is 4.74 Å². The van der Waals surface area contributed by atoms with E-state index >= 15 is 0 Å². The third kappa shape index (κ3) is 2.95. The number of hydrogen-bond donors (Lipinski definition) is 0.